The molecule has 24 heavy (non-hydrogen) atoms. The van der Waals surface area contributed by atoms with Crippen molar-refractivity contribution in [3.05, 3.63) is 0 Å². The van der Waals surface area contributed by atoms with Gasteiger partial charge in [-0.05, 0) is 0 Å². The predicted molar refractivity (Wildman–Crippen MR) is 73.2 cm³/mol. The van der Waals surface area contributed by atoms with Gasteiger partial charge in [-0.25, -0.2) is 0 Å². The van der Waals surface area contributed by atoms with Crippen LogP contribution in [0.25, 0.3) is 0 Å². The Morgan fingerprint density at radius 2 is 1.46 bits per heavy atom. The van der Waals surface area contributed by atoms with Gasteiger partial charge in [-0.3, -0.25) is 0 Å². The molecule has 0 radical (unpaired) electrons. The second kappa shape index (κ2) is 8.29. The Balaban J connectivity index is 2.16. The molecule has 0 bridgehead atoms. The van der Waals surface area contributed by atoms with Crippen LogP contribution >= 0.6 is 0 Å². The lowest BCUT2D eigenvalue weighted by Gasteiger charge is -2.42. The molecule has 0 spiro atoms. The molecule has 6 unspecified atom stereocenters. The van der Waals surface area contributed by atoms with Crippen molar-refractivity contribution < 1.29 is 55.1 Å². The standard InChI is InChI=1S/C13H24O11/c14-1-4-3-22-12(21)9(19)8(18)11(4)24-13-10(20)7(17)6(16)5(2-15)23-13/h4-21H,1-3H2/t4?,5?,6-,7?,8?,9?,10?,11+,12+,13-/m0/s1. The molecule has 11 heteroatoms. The maximum atomic E-state index is 10.1. The zero-order valence-electron chi connectivity index (χ0n) is 12.7. The summed E-state index contributed by atoms with van der Waals surface area (Å²) in [5.74, 6) is -0.876. The van der Waals surface area contributed by atoms with Crippen LogP contribution in [0.1, 0.15) is 0 Å². The first-order valence-corrected chi connectivity index (χ1v) is 7.54. The highest BCUT2D eigenvalue weighted by atomic mass is 16.7. The van der Waals surface area contributed by atoms with E-state index in [9.17, 15) is 35.7 Å². The fourth-order valence-corrected chi connectivity index (χ4v) is 2.74. The zero-order chi connectivity index (χ0) is 18.0. The molecular formula is C13H24O11. The molecule has 10 atom stereocenters. The maximum Gasteiger partial charge on any atom is 0.187 e. The minimum Gasteiger partial charge on any atom is -0.396 e. The van der Waals surface area contributed by atoms with Crippen LogP contribution in [0.2, 0.25) is 0 Å². The van der Waals surface area contributed by atoms with Crippen molar-refractivity contribution >= 4 is 0 Å². The third kappa shape index (κ3) is 3.86. The molecule has 11 nitrogen and oxygen atoms in total. The summed E-state index contributed by atoms with van der Waals surface area (Å²) in [5.41, 5.74) is 0. The Kier molecular flexibility index (Phi) is 6.87. The monoisotopic (exact) mass is 356 g/mol. The summed E-state index contributed by atoms with van der Waals surface area (Å²) in [7, 11) is 0. The van der Waals surface area contributed by atoms with Crippen molar-refractivity contribution in [1.82, 2.24) is 0 Å². The van der Waals surface area contributed by atoms with Crippen molar-refractivity contribution in [3.8, 4) is 0 Å². The van der Waals surface area contributed by atoms with Crippen LogP contribution in [0.5, 0.6) is 0 Å². The average Bonchev–Trinajstić information content (AvgIpc) is 2.68. The molecule has 2 heterocycles. The molecule has 2 aliphatic heterocycles. The predicted octanol–water partition coefficient (Wildman–Crippen LogP) is -5.15. The van der Waals surface area contributed by atoms with Gasteiger partial charge in [0.2, 0.25) is 0 Å². The van der Waals surface area contributed by atoms with Crippen LogP contribution in [0.3, 0.4) is 0 Å². The quantitative estimate of drug-likeness (QED) is 0.240. The Morgan fingerprint density at radius 1 is 0.792 bits per heavy atom. The molecule has 2 saturated heterocycles. The normalized spacial score (nSPS) is 50.5. The number of hydrogen-bond donors (Lipinski definition) is 8. The second-order valence-corrected chi connectivity index (χ2v) is 5.95. The van der Waals surface area contributed by atoms with Gasteiger partial charge in [-0.15, -0.1) is 0 Å². The van der Waals surface area contributed by atoms with E-state index in [-0.39, 0.29) is 6.61 Å². The van der Waals surface area contributed by atoms with E-state index in [0.717, 1.165) is 0 Å². The molecule has 2 fully saturated rings. The van der Waals surface area contributed by atoms with E-state index < -0.39 is 74.4 Å². The molecule has 0 aliphatic carbocycles. The Morgan fingerprint density at radius 3 is 2.04 bits per heavy atom. The van der Waals surface area contributed by atoms with Crippen molar-refractivity contribution in [1.29, 1.82) is 0 Å². The first-order chi connectivity index (χ1) is 11.3. The van der Waals surface area contributed by atoms with Gasteiger partial charge >= 0.3 is 0 Å². The van der Waals surface area contributed by atoms with Gasteiger partial charge in [0, 0.05) is 5.92 Å². The third-order valence-electron chi connectivity index (χ3n) is 4.30. The molecular weight excluding hydrogens is 332 g/mol. The van der Waals surface area contributed by atoms with E-state index >= 15 is 0 Å². The van der Waals surface area contributed by atoms with E-state index in [2.05, 4.69) is 0 Å². The highest BCUT2D eigenvalue weighted by Gasteiger charge is 2.48. The minimum absolute atomic E-state index is 0.256. The Bertz CT molecular complexity index is 394. The first kappa shape index (κ1) is 19.9. The van der Waals surface area contributed by atoms with Gasteiger partial charge in [0.05, 0.1) is 25.9 Å². The molecule has 2 rings (SSSR count). The molecule has 2 aliphatic rings. The van der Waals surface area contributed by atoms with Gasteiger partial charge < -0.3 is 55.1 Å². The highest BCUT2D eigenvalue weighted by Crippen LogP contribution is 2.28. The maximum absolute atomic E-state index is 10.1. The lowest BCUT2D eigenvalue weighted by Crippen LogP contribution is -2.61. The van der Waals surface area contributed by atoms with E-state index in [0.29, 0.717) is 0 Å². The van der Waals surface area contributed by atoms with Crippen molar-refractivity contribution in [2.75, 3.05) is 19.8 Å². The second-order valence-electron chi connectivity index (χ2n) is 5.95. The molecule has 0 aromatic heterocycles. The fourth-order valence-electron chi connectivity index (χ4n) is 2.74. The van der Waals surface area contributed by atoms with Crippen LogP contribution < -0.4 is 0 Å². The SMILES string of the molecule is OCC1O[C@@H](O[C@@H]2C(CO)CO[C@@H](O)C(O)C2O)C(O)C(O)[C@H]1O. The molecule has 0 amide bonds. The van der Waals surface area contributed by atoms with Crippen LogP contribution in [-0.2, 0) is 14.2 Å². The Labute approximate surface area is 137 Å². The molecule has 8 N–H and O–H groups in total. The van der Waals surface area contributed by atoms with Crippen LogP contribution in [-0.4, -0.2) is 116 Å². The van der Waals surface area contributed by atoms with Crippen molar-refractivity contribution in [2.24, 2.45) is 5.92 Å². The number of aliphatic hydroxyl groups is 8. The largest absolute Gasteiger partial charge is 0.396 e. The number of rotatable bonds is 4. The van der Waals surface area contributed by atoms with E-state index in [1.807, 2.05) is 0 Å². The van der Waals surface area contributed by atoms with Crippen LogP contribution in [0.4, 0.5) is 0 Å². The molecule has 0 saturated carbocycles. The van der Waals surface area contributed by atoms with Gasteiger partial charge in [-0.1, -0.05) is 0 Å². The number of ether oxygens (including phenoxy) is 3. The number of hydrogen-bond acceptors (Lipinski definition) is 11. The number of aliphatic hydroxyl groups excluding tert-OH is 8. The smallest absolute Gasteiger partial charge is 0.187 e. The lowest BCUT2D eigenvalue weighted by molar-refractivity contribution is -0.324. The van der Waals surface area contributed by atoms with Crippen LogP contribution in [0, 0.1) is 5.92 Å². The third-order valence-corrected chi connectivity index (χ3v) is 4.30. The zero-order valence-corrected chi connectivity index (χ0v) is 12.7. The molecule has 0 aromatic rings. The average molecular weight is 356 g/mol. The van der Waals surface area contributed by atoms with Crippen molar-refractivity contribution in [3.63, 3.8) is 0 Å². The topological polar surface area (TPSA) is 190 Å². The van der Waals surface area contributed by atoms with Gasteiger partial charge in [-0.2, -0.15) is 0 Å². The van der Waals surface area contributed by atoms with Gasteiger partial charge in [0.1, 0.15) is 36.6 Å². The summed E-state index contributed by atoms with van der Waals surface area (Å²) in [6, 6.07) is 0. The van der Waals surface area contributed by atoms with Gasteiger partial charge in [0.25, 0.3) is 0 Å². The summed E-state index contributed by atoms with van der Waals surface area (Å²) < 4.78 is 15.5. The molecule has 142 valence electrons. The van der Waals surface area contributed by atoms with E-state index in [4.69, 9.17) is 19.3 Å². The summed E-state index contributed by atoms with van der Waals surface area (Å²) in [6.07, 6.45) is -14.2. The fraction of sp³-hybridized carbons (Fsp3) is 1.00. The first-order valence-electron chi connectivity index (χ1n) is 7.54. The summed E-state index contributed by atoms with van der Waals surface area (Å²) in [4.78, 5) is 0. The summed E-state index contributed by atoms with van der Waals surface area (Å²) >= 11 is 0. The van der Waals surface area contributed by atoms with E-state index in [1.165, 1.54) is 0 Å². The summed E-state index contributed by atoms with van der Waals surface area (Å²) in [6.45, 7) is -1.45. The van der Waals surface area contributed by atoms with E-state index in [1.54, 1.807) is 0 Å². The van der Waals surface area contributed by atoms with Crippen LogP contribution in [0.15, 0.2) is 0 Å². The molecule has 0 aromatic carbocycles. The lowest BCUT2D eigenvalue weighted by atomic mass is 9.95. The van der Waals surface area contributed by atoms with Gasteiger partial charge in [0.15, 0.2) is 12.6 Å². The summed E-state index contributed by atoms with van der Waals surface area (Å²) in [5, 5.41) is 77.4. The highest BCUT2D eigenvalue weighted by molar-refractivity contribution is 4.92. The Hall–Kier alpha value is -0.440. The minimum atomic E-state index is -1.74. The van der Waals surface area contributed by atoms with Crippen molar-refractivity contribution in [2.45, 2.75) is 55.3 Å².